The molecule has 2 aliphatic heterocycles. The molecule has 1 aromatic rings. The molecule has 0 aliphatic carbocycles. The highest BCUT2D eigenvalue weighted by molar-refractivity contribution is 8.00. The molecule has 1 saturated heterocycles. The monoisotopic (exact) mass is 454 g/mol. The third kappa shape index (κ3) is 3.87. The Morgan fingerprint density at radius 3 is 2.87 bits per heavy atom. The van der Waals surface area contributed by atoms with Gasteiger partial charge in [0.25, 0.3) is 11.8 Å². The smallest absolute Gasteiger partial charge is 0.352 e. The fraction of sp³-hybridized carbons (Fsp3) is 0.471. The third-order valence-electron chi connectivity index (χ3n) is 4.52. The first-order valence-electron chi connectivity index (χ1n) is 9.19. The van der Waals surface area contributed by atoms with Crippen molar-refractivity contribution in [1.82, 2.24) is 20.5 Å². The maximum absolute atomic E-state index is 13.1. The lowest BCUT2D eigenvalue weighted by Gasteiger charge is -2.56. The molecule has 2 aliphatic rings. The van der Waals surface area contributed by atoms with E-state index in [1.807, 2.05) is 6.92 Å². The van der Waals surface area contributed by atoms with Gasteiger partial charge in [0, 0.05) is 17.7 Å². The molecule has 5 N–H and O–H groups in total. The number of rotatable bonds is 9. The number of oxime groups is 1. The highest BCUT2D eigenvalue weighted by atomic mass is 32.2. The van der Waals surface area contributed by atoms with E-state index in [1.54, 1.807) is 12.3 Å². The van der Waals surface area contributed by atoms with Gasteiger partial charge in [0.1, 0.15) is 23.4 Å². The summed E-state index contributed by atoms with van der Waals surface area (Å²) in [6, 6.07) is 0. The summed E-state index contributed by atoms with van der Waals surface area (Å²) in [7, 11) is 0. The Hall–Kier alpha value is -2.64. The molecule has 1 fully saturated rings. The molecule has 3 heterocycles. The Balaban J connectivity index is 1.91. The topological polar surface area (TPSA) is 159 Å². The van der Waals surface area contributed by atoms with Crippen molar-refractivity contribution >= 4 is 51.7 Å². The maximum atomic E-state index is 13.1. The van der Waals surface area contributed by atoms with E-state index >= 15 is 0 Å². The number of aromatic nitrogens is 1. The van der Waals surface area contributed by atoms with Crippen LogP contribution in [0.5, 0.6) is 0 Å². The predicted molar refractivity (Wildman–Crippen MR) is 113 cm³/mol. The second kappa shape index (κ2) is 9.02. The average molecular weight is 455 g/mol. The second-order valence-electron chi connectivity index (χ2n) is 6.39. The Bertz CT molecular complexity index is 916. The number of nitrogen functional groups attached to an aromatic ring is 1. The summed E-state index contributed by atoms with van der Waals surface area (Å²) in [5, 5.41) is 20.4. The van der Waals surface area contributed by atoms with Gasteiger partial charge in [-0.3, -0.25) is 14.5 Å². The number of thiazole rings is 1. The van der Waals surface area contributed by atoms with Gasteiger partial charge in [-0.05, 0) is 19.5 Å². The lowest BCUT2D eigenvalue weighted by Crippen LogP contribution is -2.82. The summed E-state index contributed by atoms with van der Waals surface area (Å²) < 4.78 is 0. The number of nitrogens with one attached hydrogen (secondary N) is 2. The van der Waals surface area contributed by atoms with E-state index in [0.717, 1.165) is 11.3 Å². The fourth-order valence-corrected chi connectivity index (χ4v) is 5.05. The second-order valence-corrected chi connectivity index (χ2v) is 8.39. The largest absolute Gasteiger partial charge is 0.477 e. The number of aliphatic carboxylic acids is 1. The van der Waals surface area contributed by atoms with E-state index in [0.29, 0.717) is 12.3 Å². The molecular weight excluding hydrogens is 432 g/mol. The van der Waals surface area contributed by atoms with Crippen LogP contribution in [0.2, 0.25) is 0 Å². The lowest BCUT2D eigenvalue weighted by atomic mass is 9.86. The summed E-state index contributed by atoms with van der Waals surface area (Å²) in [5.41, 5.74) is 4.38. The number of nitrogens with zero attached hydrogens (tertiary/aromatic N) is 3. The first kappa shape index (κ1) is 22.1. The van der Waals surface area contributed by atoms with E-state index in [9.17, 15) is 19.5 Å². The van der Waals surface area contributed by atoms with Crippen LogP contribution in [0.1, 0.15) is 19.5 Å². The van der Waals surface area contributed by atoms with Gasteiger partial charge in [-0.25, -0.2) is 9.78 Å². The van der Waals surface area contributed by atoms with Gasteiger partial charge < -0.3 is 26.3 Å². The van der Waals surface area contributed by atoms with Crippen molar-refractivity contribution in [3.05, 3.63) is 22.8 Å². The Morgan fingerprint density at radius 1 is 1.50 bits per heavy atom. The number of carboxylic acid groups (broad SMARTS) is 1. The number of carboxylic acids is 1. The van der Waals surface area contributed by atoms with Gasteiger partial charge >= 0.3 is 5.97 Å². The highest BCUT2D eigenvalue weighted by Gasteiger charge is 2.64. The molecule has 1 aromatic heterocycles. The Labute approximate surface area is 180 Å². The van der Waals surface area contributed by atoms with E-state index in [4.69, 9.17) is 10.6 Å². The minimum absolute atomic E-state index is 0.0828. The molecule has 2 atom stereocenters. The van der Waals surface area contributed by atoms with E-state index in [1.165, 1.54) is 22.7 Å². The zero-order valence-corrected chi connectivity index (χ0v) is 18.0. The number of nitrogens with two attached hydrogens (primary N) is 1. The number of β-lactam (4-membered cyclic amide) rings is 1. The zero-order valence-electron chi connectivity index (χ0n) is 16.4. The fourth-order valence-electron chi connectivity index (χ4n) is 3.18. The number of thioether (sulfide) groups is 1. The lowest BCUT2D eigenvalue weighted by molar-refractivity contribution is -0.158. The van der Waals surface area contributed by atoms with E-state index in [2.05, 4.69) is 20.8 Å². The van der Waals surface area contributed by atoms with Gasteiger partial charge in [0.2, 0.25) is 0 Å². The van der Waals surface area contributed by atoms with Crippen LogP contribution in [0.25, 0.3) is 0 Å². The zero-order chi connectivity index (χ0) is 21.9. The van der Waals surface area contributed by atoms with Crippen LogP contribution in [0.15, 0.2) is 22.3 Å². The van der Waals surface area contributed by atoms with Crippen molar-refractivity contribution in [1.29, 1.82) is 0 Å². The van der Waals surface area contributed by atoms with E-state index < -0.39 is 28.7 Å². The van der Waals surface area contributed by atoms with Crippen molar-refractivity contribution in [2.75, 3.05) is 31.2 Å². The van der Waals surface area contributed by atoms with Crippen molar-refractivity contribution < 1.29 is 24.3 Å². The minimum atomic E-state index is -1.33. The van der Waals surface area contributed by atoms with Gasteiger partial charge in [0.15, 0.2) is 16.4 Å². The number of carbonyl (C=O) groups is 3. The summed E-state index contributed by atoms with van der Waals surface area (Å²) in [5.74, 6) is -1.95. The molecule has 11 nitrogen and oxygen atoms in total. The third-order valence-corrected chi connectivity index (χ3v) is 6.48. The summed E-state index contributed by atoms with van der Waals surface area (Å²) in [4.78, 5) is 48.1. The molecule has 162 valence electrons. The molecule has 0 spiro atoms. The number of amides is 2. The molecule has 2 amide bonds. The van der Waals surface area contributed by atoms with E-state index in [-0.39, 0.29) is 35.4 Å². The average Bonchev–Trinajstić information content (AvgIpc) is 3.16. The molecule has 0 bridgehead atoms. The molecule has 30 heavy (non-hydrogen) atoms. The Morgan fingerprint density at radius 2 is 2.27 bits per heavy atom. The van der Waals surface area contributed by atoms with Gasteiger partial charge in [0.05, 0.1) is 0 Å². The number of anilines is 1. The SMILES string of the molecule is CCNCC1(NC(=O)/C(=N\OCC)c2csc(N)n2)C(=O)N2C(C(=O)O)=CCS[C@H]21. The quantitative estimate of drug-likeness (QED) is 0.225. The van der Waals surface area contributed by atoms with Gasteiger partial charge in [-0.15, -0.1) is 23.1 Å². The standard InChI is InChI=1S/C17H22N6O5S2/c1-3-19-8-17(14(27)23-10(13(25)26)5-6-29-15(17)23)21-12(24)11(22-28-4-2)9-7-30-16(18)20-9/h5,7,15,19H,3-4,6,8H2,1-2H3,(H2,18,20)(H,21,24)(H,25,26)/b22-11-/t15-,17?/m0/s1. The minimum Gasteiger partial charge on any atom is -0.477 e. The highest BCUT2D eigenvalue weighted by Crippen LogP contribution is 2.44. The predicted octanol–water partition coefficient (Wildman–Crippen LogP) is -0.186. The maximum Gasteiger partial charge on any atom is 0.352 e. The number of hydrogen-bond donors (Lipinski definition) is 4. The normalized spacial score (nSPS) is 23.3. The Kier molecular flexibility index (Phi) is 6.63. The van der Waals surface area contributed by atoms with Crippen LogP contribution in [-0.4, -0.2) is 74.8 Å². The molecule has 13 heteroatoms. The molecule has 0 aromatic carbocycles. The van der Waals surface area contributed by atoms with Crippen LogP contribution in [0.3, 0.4) is 0 Å². The van der Waals surface area contributed by atoms with Crippen molar-refractivity contribution in [2.45, 2.75) is 24.8 Å². The number of hydrogen-bond acceptors (Lipinski definition) is 10. The number of carbonyl (C=O) groups excluding carboxylic acids is 2. The summed E-state index contributed by atoms with van der Waals surface area (Å²) >= 11 is 2.52. The first-order chi connectivity index (χ1) is 14.4. The van der Waals surface area contributed by atoms with Crippen LogP contribution in [-0.2, 0) is 19.2 Å². The van der Waals surface area contributed by atoms with Crippen LogP contribution in [0.4, 0.5) is 5.13 Å². The first-order valence-corrected chi connectivity index (χ1v) is 11.1. The molecule has 1 unspecified atom stereocenters. The van der Waals surface area contributed by atoms with Crippen molar-refractivity contribution in [2.24, 2.45) is 5.16 Å². The number of likely N-dealkylation sites (N-methyl/N-ethyl adjacent to an activating group) is 1. The van der Waals surface area contributed by atoms with Crippen LogP contribution in [0, 0.1) is 0 Å². The van der Waals surface area contributed by atoms with Crippen LogP contribution >= 0.6 is 23.1 Å². The van der Waals surface area contributed by atoms with Crippen LogP contribution < -0.4 is 16.4 Å². The summed E-state index contributed by atoms with van der Waals surface area (Å²) in [6.07, 6.45) is 1.49. The molecule has 3 rings (SSSR count). The molecular formula is C17H22N6O5S2. The van der Waals surface area contributed by atoms with Gasteiger partial charge in [-0.1, -0.05) is 12.1 Å². The summed E-state index contributed by atoms with van der Waals surface area (Å²) in [6.45, 7) is 4.51. The number of fused-ring (bicyclic) bond motifs is 1. The molecule has 0 saturated carbocycles. The van der Waals surface area contributed by atoms with Crippen molar-refractivity contribution in [3.8, 4) is 0 Å². The molecule has 0 radical (unpaired) electrons. The van der Waals surface area contributed by atoms with Gasteiger partial charge in [-0.2, -0.15) is 0 Å². The van der Waals surface area contributed by atoms with Crippen molar-refractivity contribution in [3.63, 3.8) is 0 Å².